The molecule has 3 aromatic rings. The summed E-state index contributed by atoms with van der Waals surface area (Å²) < 4.78 is 3.72. The zero-order valence-electron chi connectivity index (χ0n) is 12.7. The van der Waals surface area contributed by atoms with Crippen LogP contribution in [0.1, 0.15) is 23.0 Å². The lowest BCUT2D eigenvalue weighted by atomic mass is 10.1. The van der Waals surface area contributed by atoms with Gasteiger partial charge in [0.25, 0.3) is 0 Å². The second kappa shape index (κ2) is 6.67. The van der Waals surface area contributed by atoms with E-state index < -0.39 is 0 Å². The smallest absolute Gasteiger partial charge is 0.185 e. The highest BCUT2D eigenvalue weighted by Crippen LogP contribution is 2.16. The Labute approximate surface area is 139 Å². The number of hydrogen-bond acceptors (Lipinski definition) is 2. The van der Waals surface area contributed by atoms with Gasteiger partial charge in [0.05, 0.1) is 5.02 Å². The minimum atomic E-state index is -0.0776. The molecule has 1 aromatic carbocycles. The monoisotopic (exact) mass is 325 g/mol. The van der Waals surface area contributed by atoms with Crippen molar-refractivity contribution in [1.29, 1.82) is 0 Å². The number of aryl methyl sites for hydroxylation is 1. The van der Waals surface area contributed by atoms with Crippen molar-refractivity contribution in [1.82, 2.24) is 14.3 Å². The summed E-state index contributed by atoms with van der Waals surface area (Å²) in [4.78, 5) is 12.2. The summed E-state index contributed by atoms with van der Waals surface area (Å²) >= 11 is 6.08. The van der Waals surface area contributed by atoms with Crippen molar-refractivity contribution < 1.29 is 4.79 Å². The number of ketones is 1. The van der Waals surface area contributed by atoms with Crippen molar-refractivity contribution in [3.8, 4) is 5.69 Å². The Morgan fingerprint density at radius 3 is 2.52 bits per heavy atom. The number of carbonyl (C=O) groups is 1. The molecule has 23 heavy (non-hydrogen) atoms. The normalized spacial score (nSPS) is 11.2. The van der Waals surface area contributed by atoms with E-state index in [0.29, 0.717) is 16.3 Å². The SMILES string of the molecule is CCn1cc(Cl)c(/C=C/C(=O)c2ccc(-n3cccc3)cc2)n1. The Kier molecular flexibility index (Phi) is 4.44. The lowest BCUT2D eigenvalue weighted by Gasteiger charge is -2.03. The molecule has 0 N–H and O–H groups in total. The number of benzene rings is 1. The van der Waals surface area contributed by atoms with E-state index >= 15 is 0 Å². The fourth-order valence-electron chi connectivity index (χ4n) is 2.24. The summed E-state index contributed by atoms with van der Waals surface area (Å²) in [5.74, 6) is -0.0776. The van der Waals surface area contributed by atoms with Crippen LogP contribution in [0.25, 0.3) is 11.8 Å². The highest BCUT2D eigenvalue weighted by molar-refractivity contribution is 6.31. The van der Waals surface area contributed by atoms with Gasteiger partial charge in [0.1, 0.15) is 5.69 Å². The standard InChI is InChI=1S/C18H16ClN3O/c1-2-22-13-16(19)17(20-22)9-10-18(23)14-5-7-15(8-6-14)21-11-3-4-12-21/h3-13H,2H2,1H3/b10-9+. The summed E-state index contributed by atoms with van der Waals surface area (Å²) in [6, 6.07) is 11.4. The van der Waals surface area contributed by atoms with Gasteiger partial charge in [-0.1, -0.05) is 11.6 Å². The van der Waals surface area contributed by atoms with E-state index in [0.717, 1.165) is 12.2 Å². The Morgan fingerprint density at radius 1 is 1.22 bits per heavy atom. The van der Waals surface area contributed by atoms with E-state index in [-0.39, 0.29) is 5.78 Å². The van der Waals surface area contributed by atoms with Gasteiger partial charge in [-0.3, -0.25) is 9.48 Å². The van der Waals surface area contributed by atoms with Crippen LogP contribution in [0.3, 0.4) is 0 Å². The molecule has 5 heteroatoms. The lowest BCUT2D eigenvalue weighted by Crippen LogP contribution is -1.96. The number of halogens is 1. The average molecular weight is 326 g/mol. The lowest BCUT2D eigenvalue weighted by molar-refractivity contribution is 0.104. The van der Waals surface area contributed by atoms with E-state index in [4.69, 9.17) is 11.6 Å². The molecule has 4 nitrogen and oxygen atoms in total. The molecule has 2 aromatic heterocycles. The Bertz CT molecular complexity index is 830. The first-order valence-electron chi connectivity index (χ1n) is 7.36. The van der Waals surface area contributed by atoms with Gasteiger partial charge in [0, 0.05) is 36.4 Å². The summed E-state index contributed by atoms with van der Waals surface area (Å²) in [5, 5.41) is 4.82. The molecule has 0 fully saturated rings. The number of carbonyl (C=O) groups excluding carboxylic acids is 1. The van der Waals surface area contributed by atoms with Gasteiger partial charge in [-0.2, -0.15) is 5.10 Å². The van der Waals surface area contributed by atoms with Crippen LogP contribution in [-0.4, -0.2) is 20.1 Å². The molecule has 0 aliphatic carbocycles. The predicted molar refractivity (Wildman–Crippen MR) is 92.0 cm³/mol. The van der Waals surface area contributed by atoms with Gasteiger partial charge >= 0.3 is 0 Å². The van der Waals surface area contributed by atoms with Crippen molar-refractivity contribution >= 4 is 23.5 Å². The van der Waals surface area contributed by atoms with Crippen molar-refractivity contribution in [2.45, 2.75) is 13.5 Å². The molecular weight excluding hydrogens is 310 g/mol. The molecule has 116 valence electrons. The summed E-state index contributed by atoms with van der Waals surface area (Å²) in [5.41, 5.74) is 2.24. The van der Waals surface area contributed by atoms with Crippen LogP contribution in [-0.2, 0) is 6.54 Å². The maximum atomic E-state index is 12.2. The average Bonchev–Trinajstić information content (AvgIpc) is 3.22. The van der Waals surface area contributed by atoms with Crippen molar-refractivity contribution in [3.63, 3.8) is 0 Å². The second-order valence-corrected chi connectivity index (χ2v) is 5.46. The predicted octanol–water partition coefficient (Wildman–Crippen LogP) is 4.24. The van der Waals surface area contributed by atoms with Crippen LogP contribution in [0.4, 0.5) is 0 Å². The molecular formula is C18H16ClN3O. The number of aromatic nitrogens is 3. The first-order chi connectivity index (χ1) is 11.2. The molecule has 2 heterocycles. The highest BCUT2D eigenvalue weighted by atomic mass is 35.5. The maximum absolute atomic E-state index is 12.2. The van der Waals surface area contributed by atoms with Gasteiger partial charge in [-0.05, 0) is 55.5 Å². The van der Waals surface area contributed by atoms with Crippen LogP contribution in [0.5, 0.6) is 0 Å². The maximum Gasteiger partial charge on any atom is 0.185 e. The number of nitrogens with zero attached hydrogens (tertiary/aromatic N) is 3. The van der Waals surface area contributed by atoms with Gasteiger partial charge in [0.15, 0.2) is 5.78 Å². The topological polar surface area (TPSA) is 39.8 Å². The van der Waals surface area contributed by atoms with Gasteiger partial charge in [0.2, 0.25) is 0 Å². The fraction of sp³-hybridized carbons (Fsp3) is 0.111. The minimum Gasteiger partial charge on any atom is -0.324 e. The van der Waals surface area contributed by atoms with E-state index in [1.807, 2.05) is 60.3 Å². The van der Waals surface area contributed by atoms with E-state index in [1.165, 1.54) is 6.08 Å². The van der Waals surface area contributed by atoms with Gasteiger partial charge in [-0.15, -0.1) is 0 Å². The molecule has 0 atom stereocenters. The number of allylic oxidation sites excluding steroid dienone is 1. The van der Waals surface area contributed by atoms with Crippen molar-refractivity contribution in [2.24, 2.45) is 0 Å². The largest absolute Gasteiger partial charge is 0.324 e. The zero-order chi connectivity index (χ0) is 16.2. The third-order valence-corrected chi connectivity index (χ3v) is 3.81. The molecule has 0 spiro atoms. The summed E-state index contributed by atoms with van der Waals surface area (Å²) in [6.07, 6.45) is 8.82. The highest BCUT2D eigenvalue weighted by Gasteiger charge is 2.06. The Balaban J connectivity index is 1.75. The van der Waals surface area contributed by atoms with Crippen LogP contribution in [0.2, 0.25) is 5.02 Å². The molecule has 0 bridgehead atoms. The fourth-order valence-corrected chi connectivity index (χ4v) is 2.46. The first kappa shape index (κ1) is 15.3. The zero-order valence-corrected chi connectivity index (χ0v) is 13.4. The Morgan fingerprint density at radius 2 is 1.91 bits per heavy atom. The molecule has 0 aliphatic heterocycles. The van der Waals surface area contributed by atoms with Crippen molar-refractivity contribution in [2.75, 3.05) is 0 Å². The van der Waals surface area contributed by atoms with Gasteiger partial charge in [-0.25, -0.2) is 0 Å². The van der Waals surface area contributed by atoms with Crippen LogP contribution in [0, 0.1) is 0 Å². The molecule has 0 radical (unpaired) electrons. The van der Waals surface area contributed by atoms with E-state index in [9.17, 15) is 4.79 Å². The van der Waals surface area contributed by atoms with Crippen LogP contribution >= 0.6 is 11.6 Å². The third-order valence-electron chi connectivity index (χ3n) is 3.51. The summed E-state index contributed by atoms with van der Waals surface area (Å²) in [6.45, 7) is 2.72. The molecule has 0 saturated heterocycles. The van der Waals surface area contributed by atoms with Gasteiger partial charge < -0.3 is 4.57 Å². The first-order valence-corrected chi connectivity index (χ1v) is 7.74. The number of hydrogen-bond donors (Lipinski definition) is 0. The van der Waals surface area contributed by atoms with Crippen molar-refractivity contribution in [3.05, 3.63) is 77.3 Å². The molecule has 0 amide bonds. The minimum absolute atomic E-state index is 0.0776. The Hall–Kier alpha value is -2.59. The molecule has 3 rings (SSSR count). The number of rotatable bonds is 5. The molecule has 0 unspecified atom stereocenters. The van der Waals surface area contributed by atoms with E-state index in [2.05, 4.69) is 5.10 Å². The third kappa shape index (κ3) is 3.43. The van der Waals surface area contributed by atoms with Crippen LogP contribution < -0.4 is 0 Å². The van der Waals surface area contributed by atoms with E-state index in [1.54, 1.807) is 17.0 Å². The molecule has 0 saturated carbocycles. The summed E-state index contributed by atoms with van der Waals surface area (Å²) in [7, 11) is 0. The molecule has 0 aliphatic rings. The second-order valence-electron chi connectivity index (χ2n) is 5.05. The van der Waals surface area contributed by atoms with Crippen LogP contribution in [0.15, 0.2) is 61.1 Å². The quantitative estimate of drug-likeness (QED) is 0.520.